The number of fused-ring (bicyclic) bond motifs is 1. The van der Waals surface area contributed by atoms with Crippen LogP contribution in [0, 0.1) is 46.3 Å². The van der Waals surface area contributed by atoms with Crippen LogP contribution in [0.15, 0.2) is 0 Å². The summed E-state index contributed by atoms with van der Waals surface area (Å²) in [4.78, 5) is 35.7. The van der Waals surface area contributed by atoms with Crippen molar-refractivity contribution in [2.45, 2.75) is 85.0 Å². The van der Waals surface area contributed by atoms with E-state index < -0.39 is 35.2 Å². The predicted octanol–water partition coefficient (Wildman–Crippen LogP) is 4.91. The first kappa shape index (κ1) is 23.1. The summed E-state index contributed by atoms with van der Waals surface area (Å²) < 4.78 is 0. The molecule has 0 radical (unpaired) electrons. The average Bonchev–Trinajstić information content (AvgIpc) is 3.02. The molecule has 3 fully saturated rings. The Labute approximate surface area is 179 Å². The largest absolute Gasteiger partial charge is 0.481 e. The SMILES string of the molecule is C[C@@H](CCC(=O)O)C1CCC2[C@@H](C(=O)O)C([C@@]3(C)CCCC[C@H]3C(=O)O)CC[C@@]21C. The highest BCUT2D eigenvalue weighted by Crippen LogP contribution is 2.65. The number of aliphatic carboxylic acids is 3. The Hall–Kier alpha value is -1.59. The van der Waals surface area contributed by atoms with Crippen LogP contribution in [0.25, 0.3) is 0 Å². The van der Waals surface area contributed by atoms with Gasteiger partial charge >= 0.3 is 17.9 Å². The summed E-state index contributed by atoms with van der Waals surface area (Å²) in [5.74, 6) is -2.79. The molecule has 0 aromatic rings. The van der Waals surface area contributed by atoms with Crippen molar-refractivity contribution in [1.82, 2.24) is 0 Å². The van der Waals surface area contributed by atoms with Crippen molar-refractivity contribution in [2.24, 2.45) is 46.3 Å². The minimum atomic E-state index is -0.779. The van der Waals surface area contributed by atoms with Crippen LogP contribution < -0.4 is 0 Å². The lowest BCUT2D eigenvalue weighted by Gasteiger charge is -2.55. The van der Waals surface area contributed by atoms with E-state index in [0.717, 1.165) is 44.9 Å². The Bertz CT molecular complexity index is 689. The fourth-order valence-electron chi connectivity index (χ4n) is 7.96. The topological polar surface area (TPSA) is 112 Å². The second-order valence-electron chi connectivity index (χ2n) is 10.9. The number of hydrogen-bond donors (Lipinski definition) is 3. The van der Waals surface area contributed by atoms with Gasteiger partial charge in [0.2, 0.25) is 0 Å². The van der Waals surface area contributed by atoms with Crippen molar-refractivity contribution < 1.29 is 29.7 Å². The molecule has 3 unspecified atom stereocenters. The van der Waals surface area contributed by atoms with Crippen LogP contribution in [0.5, 0.6) is 0 Å². The van der Waals surface area contributed by atoms with Crippen molar-refractivity contribution in [2.75, 3.05) is 0 Å². The summed E-state index contributed by atoms with van der Waals surface area (Å²) in [7, 11) is 0. The van der Waals surface area contributed by atoms with Crippen LogP contribution in [-0.4, -0.2) is 33.2 Å². The van der Waals surface area contributed by atoms with Crippen LogP contribution >= 0.6 is 0 Å². The second-order valence-corrected chi connectivity index (χ2v) is 10.9. The minimum absolute atomic E-state index is 0.0409. The van der Waals surface area contributed by atoms with Gasteiger partial charge in [0.25, 0.3) is 0 Å². The summed E-state index contributed by atoms with van der Waals surface area (Å²) in [5, 5.41) is 29.3. The lowest BCUT2D eigenvalue weighted by molar-refractivity contribution is -0.168. The zero-order valence-electron chi connectivity index (χ0n) is 18.6. The van der Waals surface area contributed by atoms with Crippen molar-refractivity contribution in [1.29, 1.82) is 0 Å². The molecule has 6 heteroatoms. The van der Waals surface area contributed by atoms with Gasteiger partial charge in [-0.2, -0.15) is 0 Å². The third-order valence-corrected chi connectivity index (χ3v) is 9.53. The minimum Gasteiger partial charge on any atom is -0.481 e. The van der Waals surface area contributed by atoms with Gasteiger partial charge in [-0.05, 0) is 79.4 Å². The fourth-order valence-corrected chi connectivity index (χ4v) is 7.96. The molecule has 8 atom stereocenters. The van der Waals surface area contributed by atoms with Gasteiger partial charge in [0.1, 0.15) is 0 Å². The summed E-state index contributed by atoms with van der Waals surface area (Å²) in [6.07, 6.45) is 7.55. The van der Waals surface area contributed by atoms with Crippen LogP contribution in [0.2, 0.25) is 0 Å². The van der Waals surface area contributed by atoms with E-state index in [0.29, 0.717) is 18.8 Å². The van der Waals surface area contributed by atoms with Gasteiger partial charge < -0.3 is 15.3 Å². The monoisotopic (exact) mass is 422 g/mol. The van der Waals surface area contributed by atoms with E-state index in [1.807, 2.05) is 6.92 Å². The molecule has 0 aromatic heterocycles. The van der Waals surface area contributed by atoms with Crippen molar-refractivity contribution in [3.63, 3.8) is 0 Å². The Balaban J connectivity index is 1.88. The zero-order valence-corrected chi connectivity index (χ0v) is 18.6. The molecular weight excluding hydrogens is 384 g/mol. The maximum absolute atomic E-state index is 12.6. The molecule has 3 aliphatic carbocycles. The van der Waals surface area contributed by atoms with E-state index in [1.54, 1.807) is 0 Å². The molecule has 3 rings (SSSR count). The normalized spacial score (nSPS) is 42.3. The van der Waals surface area contributed by atoms with Gasteiger partial charge in [-0.1, -0.05) is 33.6 Å². The first-order chi connectivity index (χ1) is 14.0. The smallest absolute Gasteiger partial charge is 0.307 e. The van der Waals surface area contributed by atoms with Crippen molar-refractivity contribution in [3.05, 3.63) is 0 Å². The van der Waals surface area contributed by atoms with Crippen LogP contribution in [0.3, 0.4) is 0 Å². The highest BCUT2D eigenvalue weighted by molar-refractivity contribution is 5.73. The van der Waals surface area contributed by atoms with E-state index in [-0.39, 0.29) is 29.6 Å². The molecule has 0 aromatic carbocycles. The first-order valence-electron chi connectivity index (χ1n) is 11.7. The highest BCUT2D eigenvalue weighted by atomic mass is 16.4. The molecule has 0 heterocycles. The number of carboxylic acids is 3. The molecule has 3 N–H and O–H groups in total. The second kappa shape index (κ2) is 8.51. The van der Waals surface area contributed by atoms with Gasteiger partial charge in [-0.15, -0.1) is 0 Å². The molecule has 3 aliphatic rings. The van der Waals surface area contributed by atoms with Crippen LogP contribution in [0.1, 0.15) is 85.0 Å². The molecule has 0 amide bonds. The van der Waals surface area contributed by atoms with Gasteiger partial charge in [0.15, 0.2) is 0 Å². The third kappa shape index (κ3) is 3.87. The summed E-state index contributed by atoms with van der Waals surface area (Å²) in [6, 6.07) is 0. The molecule has 6 nitrogen and oxygen atoms in total. The van der Waals surface area contributed by atoms with Crippen LogP contribution in [0.4, 0.5) is 0 Å². The molecule has 170 valence electrons. The van der Waals surface area contributed by atoms with E-state index >= 15 is 0 Å². The molecule has 0 aliphatic heterocycles. The molecule has 0 spiro atoms. The molecule has 30 heavy (non-hydrogen) atoms. The fraction of sp³-hybridized carbons (Fsp3) is 0.875. The number of carbonyl (C=O) groups is 3. The van der Waals surface area contributed by atoms with Gasteiger partial charge in [0.05, 0.1) is 11.8 Å². The lowest BCUT2D eigenvalue weighted by Crippen LogP contribution is -2.53. The van der Waals surface area contributed by atoms with E-state index in [1.165, 1.54) is 0 Å². The number of hydrogen-bond acceptors (Lipinski definition) is 3. The highest BCUT2D eigenvalue weighted by Gasteiger charge is 2.61. The molecule has 0 saturated heterocycles. The number of rotatable bonds is 7. The van der Waals surface area contributed by atoms with E-state index in [4.69, 9.17) is 5.11 Å². The standard InChI is InChI=1S/C24H38O6/c1-14(7-10-19(25)26)15-8-9-16-20(22(29)30)17(11-13-24(15,16)3)23(2)12-5-4-6-18(23)21(27)28/h14-18,20H,4-13H2,1-3H3,(H,25,26)(H,27,28)(H,29,30)/t14-,15?,16?,17?,18-,20+,23+,24+/m0/s1. The third-order valence-electron chi connectivity index (χ3n) is 9.53. The zero-order chi connectivity index (χ0) is 22.3. The maximum atomic E-state index is 12.6. The Morgan fingerprint density at radius 3 is 2.13 bits per heavy atom. The Morgan fingerprint density at radius 2 is 1.53 bits per heavy atom. The number of carboxylic acid groups (broad SMARTS) is 3. The maximum Gasteiger partial charge on any atom is 0.307 e. The average molecular weight is 423 g/mol. The summed E-state index contributed by atoms with van der Waals surface area (Å²) in [5.41, 5.74) is -0.581. The van der Waals surface area contributed by atoms with Gasteiger partial charge in [-0.25, -0.2) is 0 Å². The Kier molecular flexibility index (Phi) is 6.54. The van der Waals surface area contributed by atoms with Gasteiger partial charge in [0, 0.05) is 6.42 Å². The van der Waals surface area contributed by atoms with E-state index in [9.17, 15) is 24.6 Å². The Morgan fingerprint density at radius 1 is 0.867 bits per heavy atom. The summed E-state index contributed by atoms with van der Waals surface area (Å²) >= 11 is 0. The van der Waals surface area contributed by atoms with Crippen LogP contribution in [-0.2, 0) is 14.4 Å². The van der Waals surface area contributed by atoms with Crippen molar-refractivity contribution >= 4 is 17.9 Å². The molecule has 0 bridgehead atoms. The lowest BCUT2D eigenvalue weighted by atomic mass is 9.48. The first-order valence-corrected chi connectivity index (χ1v) is 11.7. The van der Waals surface area contributed by atoms with E-state index in [2.05, 4.69) is 13.8 Å². The van der Waals surface area contributed by atoms with Gasteiger partial charge in [-0.3, -0.25) is 14.4 Å². The van der Waals surface area contributed by atoms with Crippen molar-refractivity contribution in [3.8, 4) is 0 Å². The molecular formula is C24H38O6. The predicted molar refractivity (Wildman–Crippen MR) is 112 cm³/mol. The summed E-state index contributed by atoms with van der Waals surface area (Å²) in [6.45, 7) is 6.37. The molecule has 3 saturated carbocycles. The quantitative estimate of drug-likeness (QED) is 0.537.